The molecule has 1 aromatic carbocycles. The molecule has 1 atom stereocenters. The molecule has 3 aliphatic rings. The number of hydrogen-bond donors (Lipinski definition) is 2. The Hall–Kier alpha value is -3.03. The molecule has 0 saturated heterocycles. The molecule has 2 aromatic heterocycles. The normalized spacial score (nSPS) is 21.5. The van der Waals surface area contributed by atoms with E-state index in [0.29, 0.717) is 23.4 Å². The van der Waals surface area contributed by atoms with E-state index in [4.69, 9.17) is 9.72 Å². The highest BCUT2D eigenvalue weighted by Crippen LogP contribution is 2.41. The number of esters is 1. The van der Waals surface area contributed by atoms with Crippen molar-refractivity contribution in [2.24, 2.45) is 0 Å². The Labute approximate surface area is 166 Å². The Bertz CT molecular complexity index is 1310. The number of rotatable bonds is 1. The molecule has 3 aliphatic heterocycles. The third kappa shape index (κ3) is 2.01. The van der Waals surface area contributed by atoms with Gasteiger partial charge in [-0.15, -0.1) is 0 Å². The zero-order valence-corrected chi connectivity index (χ0v) is 15.9. The lowest BCUT2D eigenvalue weighted by Gasteiger charge is -2.31. The van der Waals surface area contributed by atoms with Gasteiger partial charge < -0.3 is 19.7 Å². The van der Waals surface area contributed by atoms with E-state index >= 15 is 0 Å². The highest BCUT2D eigenvalue weighted by Gasteiger charge is 2.45. The van der Waals surface area contributed by atoms with Crippen LogP contribution in [0.25, 0.3) is 22.3 Å². The Morgan fingerprint density at radius 2 is 2.10 bits per heavy atom. The predicted molar refractivity (Wildman–Crippen MR) is 105 cm³/mol. The molecule has 7 heteroatoms. The number of benzene rings is 1. The van der Waals surface area contributed by atoms with Crippen LogP contribution in [0.15, 0.2) is 29.1 Å². The third-order valence-corrected chi connectivity index (χ3v) is 6.53. The summed E-state index contributed by atoms with van der Waals surface area (Å²) in [4.78, 5) is 30.5. The Morgan fingerprint density at radius 3 is 2.93 bits per heavy atom. The maximum Gasteiger partial charge on any atom is 0.343 e. The quantitative estimate of drug-likeness (QED) is 0.481. The minimum Gasteiger partial charge on any atom is -0.458 e. The molecule has 3 aromatic rings. The standard InChI is InChI=1S/C22H19N3O4/c1-2-22(28)15-6-17-19-13(9-25(17)20(26)14(15)10-29-21(22)27)12-8-23-7-11-4-3-5-16(24-19)18(11)12/h3-6,23,28H,2,7-10H2,1H3/t22-/m0/s1. The van der Waals surface area contributed by atoms with Crippen LogP contribution < -0.4 is 10.9 Å². The van der Waals surface area contributed by atoms with E-state index < -0.39 is 11.6 Å². The Balaban J connectivity index is 1.68. The van der Waals surface area contributed by atoms with Crippen LogP contribution in [0.1, 0.15) is 41.2 Å². The van der Waals surface area contributed by atoms with Gasteiger partial charge in [0.1, 0.15) is 6.61 Å². The molecule has 6 rings (SSSR count). The molecular weight excluding hydrogens is 370 g/mol. The van der Waals surface area contributed by atoms with E-state index in [0.717, 1.165) is 29.9 Å². The summed E-state index contributed by atoms with van der Waals surface area (Å²) in [5.74, 6) is -0.703. The number of pyridine rings is 2. The van der Waals surface area contributed by atoms with Crippen LogP contribution >= 0.6 is 0 Å². The number of nitrogens with zero attached hydrogens (tertiary/aromatic N) is 2. The highest BCUT2D eigenvalue weighted by atomic mass is 16.6. The van der Waals surface area contributed by atoms with Crippen LogP contribution in [0.4, 0.5) is 0 Å². The van der Waals surface area contributed by atoms with Crippen molar-refractivity contribution in [3.05, 3.63) is 62.4 Å². The summed E-state index contributed by atoms with van der Waals surface area (Å²) >= 11 is 0. The summed E-state index contributed by atoms with van der Waals surface area (Å²) in [6.45, 7) is 3.55. The third-order valence-electron chi connectivity index (χ3n) is 6.53. The fourth-order valence-corrected chi connectivity index (χ4v) is 4.97. The van der Waals surface area contributed by atoms with Crippen LogP contribution in [-0.2, 0) is 41.4 Å². The van der Waals surface area contributed by atoms with Crippen molar-refractivity contribution in [2.45, 2.75) is 45.2 Å². The molecule has 5 heterocycles. The van der Waals surface area contributed by atoms with Gasteiger partial charge in [-0.2, -0.15) is 0 Å². The first-order valence-corrected chi connectivity index (χ1v) is 9.84. The monoisotopic (exact) mass is 389 g/mol. The fourth-order valence-electron chi connectivity index (χ4n) is 4.97. The summed E-state index contributed by atoms with van der Waals surface area (Å²) < 4.78 is 6.82. The Kier molecular flexibility index (Phi) is 3.21. The lowest BCUT2D eigenvalue weighted by Crippen LogP contribution is -2.44. The number of carbonyl (C=O) groups excluding carboxylic acids is 1. The molecule has 29 heavy (non-hydrogen) atoms. The van der Waals surface area contributed by atoms with Crippen molar-refractivity contribution in [1.82, 2.24) is 14.9 Å². The number of carbonyl (C=O) groups is 1. The van der Waals surface area contributed by atoms with Gasteiger partial charge >= 0.3 is 5.97 Å². The minimum atomic E-state index is -1.80. The summed E-state index contributed by atoms with van der Waals surface area (Å²) in [6, 6.07) is 7.85. The van der Waals surface area contributed by atoms with Crippen LogP contribution in [0.2, 0.25) is 0 Å². The number of fused-ring (bicyclic) bond motifs is 5. The van der Waals surface area contributed by atoms with Crippen molar-refractivity contribution in [3.8, 4) is 11.4 Å². The molecular formula is C22H19N3O4. The molecule has 0 spiro atoms. The summed E-state index contributed by atoms with van der Waals surface area (Å²) in [5.41, 5.74) is 4.40. The second-order valence-corrected chi connectivity index (χ2v) is 7.94. The summed E-state index contributed by atoms with van der Waals surface area (Å²) in [6.07, 6.45) is 0.137. The number of hydrogen-bond acceptors (Lipinski definition) is 6. The molecule has 0 radical (unpaired) electrons. The average Bonchev–Trinajstić information content (AvgIpc) is 3.11. The Morgan fingerprint density at radius 1 is 1.24 bits per heavy atom. The van der Waals surface area contributed by atoms with E-state index in [9.17, 15) is 14.7 Å². The SMILES string of the molecule is CC[C@@]1(O)C(=O)OCc2c1cc1n(c2=O)Cc2c-1nc1cccc3c1c2CNC3. The molecule has 0 saturated carbocycles. The maximum atomic E-state index is 13.3. The highest BCUT2D eigenvalue weighted by molar-refractivity contribution is 5.91. The number of ether oxygens (including phenoxy) is 1. The van der Waals surface area contributed by atoms with Gasteiger partial charge in [0.25, 0.3) is 5.56 Å². The number of aliphatic hydroxyl groups is 1. The fraction of sp³-hybridized carbons (Fsp3) is 0.318. The number of aromatic nitrogens is 2. The first-order chi connectivity index (χ1) is 14.0. The van der Waals surface area contributed by atoms with Gasteiger partial charge in [-0.1, -0.05) is 19.1 Å². The minimum absolute atomic E-state index is 0.111. The van der Waals surface area contributed by atoms with Crippen molar-refractivity contribution < 1.29 is 14.6 Å². The number of nitrogens with one attached hydrogen (secondary N) is 1. The van der Waals surface area contributed by atoms with Crippen LogP contribution in [0, 0.1) is 0 Å². The predicted octanol–water partition coefficient (Wildman–Crippen LogP) is 1.68. The van der Waals surface area contributed by atoms with Gasteiger partial charge in [-0.05, 0) is 29.7 Å². The van der Waals surface area contributed by atoms with E-state index in [1.807, 2.05) is 12.1 Å². The molecule has 0 unspecified atom stereocenters. The zero-order valence-electron chi connectivity index (χ0n) is 15.9. The molecule has 0 fully saturated rings. The first kappa shape index (κ1) is 16.9. The van der Waals surface area contributed by atoms with Gasteiger partial charge in [0.2, 0.25) is 0 Å². The topological polar surface area (TPSA) is 93.5 Å². The van der Waals surface area contributed by atoms with E-state index in [2.05, 4.69) is 11.4 Å². The largest absolute Gasteiger partial charge is 0.458 e. The lowest BCUT2D eigenvalue weighted by molar-refractivity contribution is -0.172. The van der Waals surface area contributed by atoms with Gasteiger partial charge in [-0.25, -0.2) is 9.78 Å². The van der Waals surface area contributed by atoms with E-state index in [1.165, 1.54) is 16.5 Å². The first-order valence-electron chi connectivity index (χ1n) is 9.84. The molecule has 7 nitrogen and oxygen atoms in total. The second kappa shape index (κ2) is 5.52. The van der Waals surface area contributed by atoms with E-state index in [1.54, 1.807) is 17.6 Å². The van der Waals surface area contributed by atoms with Crippen molar-refractivity contribution >= 4 is 16.9 Å². The molecule has 146 valence electrons. The molecule has 2 N–H and O–H groups in total. The van der Waals surface area contributed by atoms with Crippen molar-refractivity contribution in [3.63, 3.8) is 0 Å². The average molecular weight is 389 g/mol. The van der Waals surface area contributed by atoms with Crippen molar-refractivity contribution in [2.75, 3.05) is 0 Å². The zero-order chi connectivity index (χ0) is 19.9. The maximum absolute atomic E-state index is 13.3. The summed E-state index contributed by atoms with van der Waals surface area (Å²) in [5, 5.41) is 15.6. The smallest absolute Gasteiger partial charge is 0.343 e. The van der Waals surface area contributed by atoms with Gasteiger partial charge in [0.05, 0.1) is 29.0 Å². The van der Waals surface area contributed by atoms with Crippen LogP contribution in [-0.4, -0.2) is 20.6 Å². The van der Waals surface area contributed by atoms with Gasteiger partial charge in [0.15, 0.2) is 5.60 Å². The van der Waals surface area contributed by atoms with E-state index in [-0.39, 0.29) is 18.6 Å². The van der Waals surface area contributed by atoms with Crippen molar-refractivity contribution in [1.29, 1.82) is 0 Å². The van der Waals surface area contributed by atoms with Gasteiger partial charge in [-0.3, -0.25) is 4.79 Å². The molecule has 0 amide bonds. The van der Waals surface area contributed by atoms with Gasteiger partial charge in [0, 0.05) is 29.6 Å². The second-order valence-electron chi connectivity index (χ2n) is 7.94. The number of cyclic esters (lactones) is 1. The summed E-state index contributed by atoms with van der Waals surface area (Å²) in [7, 11) is 0. The lowest BCUT2D eigenvalue weighted by atomic mass is 9.86. The molecule has 0 bridgehead atoms. The molecule has 0 aliphatic carbocycles. The van der Waals surface area contributed by atoms with Crippen LogP contribution in [0.5, 0.6) is 0 Å². The van der Waals surface area contributed by atoms with Crippen LogP contribution in [0.3, 0.4) is 0 Å².